The molecule has 1 amide bonds. The van der Waals surface area contributed by atoms with E-state index in [0.717, 1.165) is 23.3 Å². The summed E-state index contributed by atoms with van der Waals surface area (Å²) >= 11 is 0. The summed E-state index contributed by atoms with van der Waals surface area (Å²) in [5.74, 6) is 0.809. The molecule has 0 atom stereocenters. The lowest BCUT2D eigenvalue weighted by Gasteiger charge is -2.07. The van der Waals surface area contributed by atoms with Crippen LogP contribution in [0.5, 0.6) is 5.75 Å². The maximum Gasteiger partial charge on any atom is 0.251 e. The van der Waals surface area contributed by atoms with E-state index in [1.165, 1.54) is 0 Å². The number of carbonyl (C=O) groups is 1. The molecular weight excluding hydrogens is 250 g/mol. The van der Waals surface area contributed by atoms with Crippen molar-refractivity contribution >= 4 is 5.91 Å². The normalized spacial score (nSPS) is 10.1. The molecule has 3 heteroatoms. The minimum atomic E-state index is -0.0309. The molecule has 0 aliphatic heterocycles. The zero-order valence-electron chi connectivity index (χ0n) is 11.8. The highest BCUT2D eigenvalue weighted by Gasteiger charge is 2.04. The number of benzene rings is 2. The predicted octanol–water partition coefficient (Wildman–Crippen LogP) is 2.98. The Morgan fingerprint density at radius 1 is 1.15 bits per heavy atom. The first kappa shape index (κ1) is 14.1. The van der Waals surface area contributed by atoms with Gasteiger partial charge in [-0.1, -0.05) is 29.8 Å². The quantitative estimate of drug-likeness (QED) is 0.906. The van der Waals surface area contributed by atoms with Crippen molar-refractivity contribution < 1.29 is 9.53 Å². The fourth-order valence-electron chi connectivity index (χ4n) is 2.04. The van der Waals surface area contributed by atoms with Crippen LogP contribution in [0.1, 0.15) is 21.5 Å². The Kier molecular flexibility index (Phi) is 4.77. The summed E-state index contributed by atoms with van der Waals surface area (Å²) in [6.07, 6.45) is 0.786. The van der Waals surface area contributed by atoms with E-state index in [-0.39, 0.29) is 5.91 Å². The number of hydrogen-bond acceptors (Lipinski definition) is 2. The van der Waals surface area contributed by atoms with E-state index in [0.29, 0.717) is 12.1 Å². The molecule has 1 N–H and O–H groups in total. The average molecular weight is 269 g/mol. The van der Waals surface area contributed by atoms with Crippen LogP contribution in [0, 0.1) is 6.92 Å². The van der Waals surface area contributed by atoms with Gasteiger partial charge < -0.3 is 10.1 Å². The molecule has 0 saturated heterocycles. The first-order valence-corrected chi connectivity index (χ1v) is 6.67. The van der Waals surface area contributed by atoms with E-state index in [9.17, 15) is 4.79 Å². The monoisotopic (exact) mass is 269 g/mol. The number of amides is 1. The number of carbonyl (C=O) groups excluding carboxylic acids is 1. The molecule has 0 heterocycles. The van der Waals surface area contributed by atoms with Gasteiger partial charge in [-0.05, 0) is 43.2 Å². The summed E-state index contributed by atoms with van der Waals surface area (Å²) in [7, 11) is 1.65. The molecule has 2 rings (SSSR count). The van der Waals surface area contributed by atoms with Gasteiger partial charge in [0.1, 0.15) is 5.75 Å². The molecule has 0 unspecified atom stereocenters. The summed E-state index contributed by atoms with van der Waals surface area (Å²) in [5.41, 5.74) is 2.94. The van der Waals surface area contributed by atoms with Gasteiger partial charge >= 0.3 is 0 Å². The van der Waals surface area contributed by atoms with Crippen LogP contribution in [0.3, 0.4) is 0 Å². The summed E-state index contributed by atoms with van der Waals surface area (Å²) in [6, 6.07) is 15.5. The van der Waals surface area contributed by atoms with Gasteiger partial charge in [-0.25, -0.2) is 0 Å². The van der Waals surface area contributed by atoms with Crippen molar-refractivity contribution in [3.05, 3.63) is 65.2 Å². The molecule has 2 aromatic rings. The van der Waals surface area contributed by atoms with Crippen molar-refractivity contribution in [2.75, 3.05) is 13.7 Å². The second kappa shape index (κ2) is 6.75. The van der Waals surface area contributed by atoms with Gasteiger partial charge in [0.15, 0.2) is 0 Å². The van der Waals surface area contributed by atoms with E-state index < -0.39 is 0 Å². The molecular formula is C17H19NO2. The second-order valence-corrected chi connectivity index (χ2v) is 4.73. The van der Waals surface area contributed by atoms with E-state index in [1.54, 1.807) is 7.11 Å². The lowest BCUT2D eigenvalue weighted by Crippen LogP contribution is -2.25. The van der Waals surface area contributed by atoms with E-state index in [2.05, 4.69) is 5.32 Å². The third-order valence-corrected chi connectivity index (χ3v) is 3.11. The Hall–Kier alpha value is -2.29. The summed E-state index contributed by atoms with van der Waals surface area (Å²) in [6.45, 7) is 2.59. The van der Waals surface area contributed by atoms with Gasteiger partial charge in [-0.2, -0.15) is 0 Å². The molecule has 3 nitrogen and oxygen atoms in total. The van der Waals surface area contributed by atoms with E-state index in [1.807, 2.05) is 55.5 Å². The number of nitrogens with one attached hydrogen (secondary N) is 1. The van der Waals surface area contributed by atoms with Crippen LogP contribution in [-0.4, -0.2) is 19.6 Å². The molecule has 104 valence electrons. The number of ether oxygens (including phenoxy) is 1. The van der Waals surface area contributed by atoms with Crippen molar-refractivity contribution in [1.29, 1.82) is 0 Å². The van der Waals surface area contributed by atoms with Gasteiger partial charge in [0.25, 0.3) is 5.91 Å². The standard InChI is InChI=1S/C17H19NO2/c1-13-5-3-7-15(11-13)17(19)18-10-9-14-6-4-8-16(12-14)20-2/h3-8,11-12H,9-10H2,1-2H3,(H,18,19). The number of rotatable bonds is 5. The highest BCUT2D eigenvalue weighted by atomic mass is 16.5. The highest BCUT2D eigenvalue weighted by Crippen LogP contribution is 2.12. The highest BCUT2D eigenvalue weighted by molar-refractivity contribution is 5.94. The van der Waals surface area contributed by atoms with Crippen LogP contribution in [-0.2, 0) is 6.42 Å². The van der Waals surface area contributed by atoms with Crippen molar-refractivity contribution in [1.82, 2.24) is 5.32 Å². The Morgan fingerprint density at radius 3 is 2.70 bits per heavy atom. The number of methoxy groups -OCH3 is 1. The average Bonchev–Trinajstić information content (AvgIpc) is 2.47. The smallest absolute Gasteiger partial charge is 0.251 e. The summed E-state index contributed by atoms with van der Waals surface area (Å²) in [5, 5.41) is 2.93. The van der Waals surface area contributed by atoms with Gasteiger partial charge in [0, 0.05) is 12.1 Å². The SMILES string of the molecule is COc1cccc(CCNC(=O)c2cccc(C)c2)c1. The van der Waals surface area contributed by atoms with Crippen LogP contribution in [0.4, 0.5) is 0 Å². The van der Waals surface area contributed by atoms with Crippen molar-refractivity contribution in [2.24, 2.45) is 0 Å². The number of aryl methyl sites for hydroxylation is 1. The maximum absolute atomic E-state index is 12.0. The molecule has 0 radical (unpaired) electrons. The van der Waals surface area contributed by atoms with Gasteiger partial charge in [-0.15, -0.1) is 0 Å². The molecule has 20 heavy (non-hydrogen) atoms. The molecule has 0 aromatic heterocycles. The van der Waals surface area contributed by atoms with Crippen molar-refractivity contribution in [3.8, 4) is 5.75 Å². The first-order valence-electron chi connectivity index (χ1n) is 6.67. The molecule has 0 bridgehead atoms. The van der Waals surface area contributed by atoms with Gasteiger partial charge in [0.2, 0.25) is 0 Å². The Bertz CT molecular complexity index is 593. The second-order valence-electron chi connectivity index (χ2n) is 4.73. The number of hydrogen-bond donors (Lipinski definition) is 1. The molecule has 0 saturated carbocycles. The molecule has 2 aromatic carbocycles. The minimum Gasteiger partial charge on any atom is -0.497 e. The van der Waals surface area contributed by atoms with E-state index >= 15 is 0 Å². The lowest BCUT2D eigenvalue weighted by molar-refractivity contribution is 0.0954. The van der Waals surface area contributed by atoms with Gasteiger partial charge in [0.05, 0.1) is 7.11 Å². The minimum absolute atomic E-state index is 0.0309. The van der Waals surface area contributed by atoms with Crippen LogP contribution in [0.25, 0.3) is 0 Å². The zero-order chi connectivity index (χ0) is 14.4. The Balaban J connectivity index is 1.88. The molecule has 0 aliphatic rings. The third-order valence-electron chi connectivity index (χ3n) is 3.11. The maximum atomic E-state index is 12.0. The van der Waals surface area contributed by atoms with Crippen LogP contribution in [0.2, 0.25) is 0 Å². The van der Waals surface area contributed by atoms with Crippen molar-refractivity contribution in [2.45, 2.75) is 13.3 Å². The molecule has 0 fully saturated rings. The first-order chi connectivity index (χ1) is 9.69. The van der Waals surface area contributed by atoms with Crippen LogP contribution in [0.15, 0.2) is 48.5 Å². The lowest BCUT2D eigenvalue weighted by atomic mass is 10.1. The molecule has 0 spiro atoms. The Morgan fingerprint density at radius 2 is 1.95 bits per heavy atom. The van der Waals surface area contributed by atoms with Gasteiger partial charge in [-0.3, -0.25) is 4.79 Å². The topological polar surface area (TPSA) is 38.3 Å². The predicted molar refractivity (Wildman–Crippen MR) is 80.2 cm³/mol. The van der Waals surface area contributed by atoms with Crippen LogP contribution >= 0.6 is 0 Å². The summed E-state index contributed by atoms with van der Waals surface area (Å²) in [4.78, 5) is 12.0. The fourth-order valence-corrected chi connectivity index (χ4v) is 2.04. The summed E-state index contributed by atoms with van der Waals surface area (Å²) < 4.78 is 5.18. The third kappa shape index (κ3) is 3.85. The Labute approximate surface area is 119 Å². The van der Waals surface area contributed by atoms with E-state index in [4.69, 9.17) is 4.74 Å². The molecule has 0 aliphatic carbocycles. The van der Waals surface area contributed by atoms with Crippen molar-refractivity contribution in [3.63, 3.8) is 0 Å². The fraction of sp³-hybridized carbons (Fsp3) is 0.235. The zero-order valence-corrected chi connectivity index (χ0v) is 11.8. The van der Waals surface area contributed by atoms with Crippen LogP contribution < -0.4 is 10.1 Å². The largest absolute Gasteiger partial charge is 0.497 e.